The average Bonchev–Trinajstić information content (AvgIpc) is 2.47. The van der Waals surface area contributed by atoms with Gasteiger partial charge in [0.15, 0.2) is 0 Å². The fraction of sp³-hybridized carbons (Fsp3) is 0.267. The number of rotatable bonds is 2. The molecule has 5 heteroatoms. The molecule has 4 nitrogen and oxygen atoms in total. The van der Waals surface area contributed by atoms with Crippen molar-refractivity contribution >= 4 is 34.8 Å². The zero-order valence-corrected chi connectivity index (χ0v) is 11.7. The maximum Gasteiger partial charge on any atom is 0.336 e. The molecule has 1 heterocycles. The van der Waals surface area contributed by atoms with Gasteiger partial charge in [-0.1, -0.05) is 24.3 Å². The first-order valence-electron chi connectivity index (χ1n) is 6.35. The fourth-order valence-electron chi connectivity index (χ4n) is 2.55. The number of carboxylic acid groups (broad SMARTS) is 1. The number of nitrogens with zero attached hydrogens (tertiary/aromatic N) is 1. The minimum atomic E-state index is -0.885. The number of carboxylic acids is 1. The highest BCUT2D eigenvalue weighted by Gasteiger charge is 2.16. The van der Waals surface area contributed by atoms with Gasteiger partial charge in [0.25, 0.3) is 0 Å². The summed E-state index contributed by atoms with van der Waals surface area (Å²) in [5.74, 6) is -0.885. The summed E-state index contributed by atoms with van der Waals surface area (Å²) < 4.78 is 5.36. The summed E-state index contributed by atoms with van der Waals surface area (Å²) in [6.07, 6.45) is 0. The molecule has 0 saturated carbocycles. The molecule has 106 valence electrons. The third-order valence-corrected chi connectivity index (χ3v) is 3.48. The second-order valence-electron chi connectivity index (χ2n) is 4.58. The molecule has 0 radical (unpaired) electrons. The second-order valence-corrected chi connectivity index (χ2v) is 4.58. The fourth-order valence-corrected chi connectivity index (χ4v) is 2.55. The molecule has 0 aliphatic carbocycles. The van der Waals surface area contributed by atoms with E-state index in [2.05, 4.69) is 4.90 Å². The first-order chi connectivity index (χ1) is 9.27. The molecular weight excluding hydrogens is 278 g/mol. The van der Waals surface area contributed by atoms with Crippen LogP contribution < -0.4 is 4.90 Å². The Balaban J connectivity index is 0.00000147. The summed E-state index contributed by atoms with van der Waals surface area (Å²) >= 11 is 0. The molecule has 0 atom stereocenters. The van der Waals surface area contributed by atoms with E-state index in [9.17, 15) is 9.90 Å². The number of morpholine rings is 1. The van der Waals surface area contributed by atoms with Crippen LogP contribution in [-0.2, 0) is 4.74 Å². The lowest BCUT2D eigenvalue weighted by molar-refractivity contribution is 0.0699. The Morgan fingerprint density at radius 2 is 1.70 bits per heavy atom. The monoisotopic (exact) mass is 293 g/mol. The van der Waals surface area contributed by atoms with Gasteiger partial charge in [-0.3, -0.25) is 0 Å². The average molecular weight is 294 g/mol. The number of benzene rings is 2. The van der Waals surface area contributed by atoms with Crippen LogP contribution in [0.4, 0.5) is 5.69 Å². The van der Waals surface area contributed by atoms with Crippen molar-refractivity contribution in [3.05, 3.63) is 42.0 Å². The third-order valence-electron chi connectivity index (χ3n) is 3.48. The van der Waals surface area contributed by atoms with E-state index in [0.717, 1.165) is 42.8 Å². The van der Waals surface area contributed by atoms with Crippen molar-refractivity contribution in [2.45, 2.75) is 0 Å². The predicted octanol–water partition coefficient (Wildman–Crippen LogP) is 2.80. The summed E-state index contributed by atoms with van der Waals surface area (Å²) in [7, 11) is 0. The minimum Gasteiger partial charge on any atom is -0.478 e. The number of fused-ring (bicyclic) bond motifs is 1. The smallest absolute Gasteiger partial charge is 0.336 e. The van der Waals surface area contributed by atoms with Crippen LogP contribution in [0.25, 0.3) is 10.8 Å². The van der Waals surface area contributed by atoms with Crippen molar-refractivity contribution in [2.24, 2.45) is 0 Å². The van der Waals surface area contributed by atoms with Crippen LogP contribution in [0.15, 0.2) is 36.4 Å². The normalized spacial score (nSPS) is 14.9. The van der Waals surface area contributed by atoms with Crippen LogP contribution in [0, 0.1) is 0 Å². The Morgan fingerprint density at radius 1 is 1.05 bits per heavy atom. The Bertz CT molecular complexity index is 624. The van der Waals surface area contributed by atoms with Gasteiger partial charge in [-0.05, 0) is 17.5 Å². The molecular formula is C15H16ClNO3. The maximum absolute atomic E-state index is 11.3. The summed E-state index contributed by atoms with van der Waals surface area (Å²) in [4.78, 5) is 13.5. The first-order valence-corrected chi connectivity index (χ1v) is 6.35. The zero-order valence-electron chi connectivity index (χ0n) is 10.9. The van der Waals surface area contributed by atoms with Gasteiger partial charge in [0, 0.05) is 24.2 Å². The predicted molar refractivity (Wildman–Crippen MR) is 81.2 cm³/mol. The van der Waals surface area contributed by atoms with Crippen molar-refractivity contribution in [1.29, 1.82) is 0 Å². The van der Waals surface area contributed by atoms with Crippen molar-refractivity contribution in [3.63, 3.8) is 0 Å². The standard InChI is InChI=1S/C15H15NO3.ClH/c17-15(18)13-5-6-14(16-7-9-19-10-8-16)12-4-2-1-3-11(12)13;/h1-6H,7-10H2,(H,17,18);1H. The number of anilines is 1. The van der Waals surface area contributed by atoms with E-state index in [4.69, 9.17) is 4.74 Å². The Kier molecular flexibility index (Phi) is 4.47. The van der Waals surface area contributed by atoms with Gasteiger partial charge in [0.2, 0.25) is 0 Å². The van der Waals surface area contributed by atoms with Crippen LogP contribution >= 0.6 is 12.4 Å². The highest BCUT2D eigenvalue weighted by atomic mass is 35.5. The highest BCUT2D eigenvalue weighted by molar-refractivity contribution is 6.07. The molecule has 0 bridgehead atoms. The summed E-state index contributed by atoms with van der Waals surface area (Å²) in [6, 6.07) is 11.2. The molecule has 2 aromatic carbocycles. The zero-order chi connectivity index (χ0) is 13.2. The second kappa shape index (κ2) is 6.11. The van der Waals surface area contributed by atoms with Gasteiger partial charge in [-0.25, -0.2) is 4.79 Å². The number of carbonyl (C=O) groups is 1. The molecule has 20 heavy (non-hydrogen) atoms. The van der Waals surface area contributed by atoms with Gasteiger partial charge >= 0.3 is 5.97 Å². The SMILES string of the molecule is Cl.O=C(O)c1ccc(N2CCOCC2)c2ccccc12. The van der Waals surface area contributed by atoms with Crippen molar-refractivity contribution in [2.75, 3.05) is 31.2 Å². The molecule has 1 aliphatic heterocycles. The van der Waals surface area contributed by atoms with Gasteiger partial charge in [0.1, 0.15) is 0 Å². The van der Waals surface area contributed by atoms with E-state index >= 15 is 0 Å². The largest absolute Gasteiger partial charge is 0.478 e. The summed E-state index contributed by atoms with van der Waals surface area (Å²) in [5.41, 5.74) is 1.44. The Hall–Kier alpha value is -1.78. The van der Waals surface area contributed by atoms with E-state index < -0.39 is 5.97 Å². The lowest BCUT2D eigenvalue weighted by Gasteiger charge is -2.30. The molecule has 1 aliphatic rings. The van der Waals surface area contributed by atoms with Crippen LogP contribution in [0.5, 0.6) is 0 Å². The van der Waals surface area contributed by atoms with E-state index in [1.165, 1.54) is 0 Å². The van der Waals surface area contributed by atoms with Gasteiger partial charge in [-0.15, -0.1) is 12.4 Å². The number of hydrogen-bond acceptors (Lipinski definition) is 3. The molecule has 1 saturated heterocycles. The summed E-state index contributed by atoms with van der Waals surface area (Å²) in [5, 5.41) is 11.0. The van der Waals surface area contributed by atoms with Crippen molar-refractivity contribution < 1.29 is 14.6 Å². The van der Waals surface area contributed by atoms with E-state index in [0.29, 0.717) is 5.56 Å². The van der Waals surface area contributed by atoms with Gasteiger partial charge in [0.05, 0.1) is 18.8 Å². The van der Waals surface area contributed by atoms with E-state index in [1.807, 2.05) is 30.3 Å². The molecule has 1 fully saturated rings. The topological polar surface area (TPSA) is 49.8 Å². The number of hydrogen-bond donors (Lipinski definition) is 1. The molecule has 0 unspecified atom stereocenters. The quantitative estimate of drug-likeness (QED) is 0.925. The summed E-state index contributed by atoms with van der Waals surface area (Å²) in [6.45, 7) is 3.12. The minimum absolute atomic E-state index is 0. The Morgan fingerprint density at radius 3 is 2.35 bits per heavy atom. The Labute approximate surface area is 123 Å². The van der Waals surface area contributed by atoms with E-state index in [-0.39, 0.29) is 12.4 Å². The number of halogens is 1. The molecule has 2 aromatic rings. The van der Waals surface area contributed by atoms with E-state index in [1.54, 1.807) is 6.07 Å². The highest BCUT2D eigenvalue weighted by Crippen LogP contribution is 2.30. The number of aromatic carboxylic acids is 1. The maximum atomic E-state index is 11.3. The van der Waals surface area contributed by atoms with Gasteiger partial charge in [-0.2, -0.15) is 0 Å². The van der Waals surface area contributed by atoms with Crippen molar-refractivity contribution in [3.8, 4) is 0 Å². The molecule has 0 aromatic heterocycles. The lowest BCUT2D eigenvalue weighted by Crippen LogP contribution is -2.36. The molecule has 3 rings (SSSR count). The van der Waals surface area contributed by atoms with Crippen LogP contribution in [-0.4, -0.2) is 37.4 Å². The van der Waals surface area contributed by atoms with Crippen LogP contribution in [0.1, 0.15) is 10.4 Å². The molecule has 0 spiro atoms. The molecule has 0 amide bonds. The third kappa shape index (κ3) is 2.57. The molecule has 1 N–H and O–H groups in total. The first kappa shape index (κ1) is 14.6. The van der Waals surface area contributed by atoms with Crippen molar-refractivity contribution in [1.82, 2.24) is 0 Å². The van der Waals surface area contributed by atoms with Gasteiger partial charge < -0.3 is 14.7 Å². The van der Waals surface area contributed by atoms with Crippen LogP contribution in [0.2, 0.25) is 0 Å². The number of ether oxygens (including phenoxy) is 1. The van der Waals surface area contributed by atoms with Crippen LogP contribution in [0.3, 0.4) is 0 Å². The lowest BCUT2D eigenvalue weighted by atomic mass is 10.0.